The summed E-state index contributed by atoms with van der Waals surface area (Å²) in [4.78, 5) is 23.5. The summed E-state index contributed by atoms with van der Waals surface area (Å²) >= 11 is 0. The third-order valence-corrected chi connectivity index (χ3v) is 3.27. The number of hydrogen-bond acceptors (Lipinski definition) is 3. The lowest BCUT2D eigenvalue weighted by molar-refractivity contribution is 0.0694. The molecular weight excluding hydrogens is 270 g/mol. The Morgan fingerprint density at radius 3 is 2.38 bits per heavy atom. The Kier molecular flexibility index (Phi) is 4.12. The highest BCUT2D eigenvalue weighted by Gasteiger charge is 2.16. The molecule has 5 nitrogen and oxygen atoms in total. The van der Waals surface area contributed by atoms with E-state index in [1.54, 1.807) is 38.1 Å². The first-order valence-electron chi connectivity index (χ1n) is 6.65. The molecule has 2 rings (SSSR count). The SMILES string of the molecule is CCOc1ccc(-n2c(C)c(C(=O)O)c(C)cc2=O)cc1. The average molecular weight is 287 g/mol. The first-order valence-corrected chi connectivity index (χ1v) is 6.65. The Labute approximate surface area is 122 Å². The zero-order valence-electron chi connectivity index (χ0n) is 12.2. The van der Waals surface area contributed by atoms with Crippen molar-refractivity contribution in [3.8, 4) is 11.4 Å². The van der Waals surface area contributed by atoms with Crippen molar-refractivity contribution in [1.29, 1.82) is 0 Å². The number of aryl methyl sites for hydroxylation is 1. The lowest BCUT2D eigenvalue weighted by atomic mass is 10.1. The van der Waals surface area contributed by atoms with Gasteiger partial charge < -0.3 is 9.84 Å². The maximum Gasteiger partial charge on any atom is 0.337 e. The predicted molar refractivity (Wildman–Crippen MR) is 79.6 cm³/mol. The number of pyridine rings is 1. The number of aromatic carboxylic acids is 1. The fourth-order valence-corrected chi connectivity index (χ4v) is 2.39. The van der Waals surface area contributed by atoms with Crippen molar-refractivity contribution in [3.63, 3.8) is 0 Å². The lowest BCUT2D eigenvalue weighted by Crippen LogP contribution is -2.24. The molecule has 0 aliphatic heterocycles. The van der Waals surface area contributed by atoms with E-state index in [1.807, 2.05) is 6.92 Å². The van der Waals surface area contributed by atoms with E-state index in [9.17, 15) is 14.7 Å². The monoisotopic (exact) mass is 287 g/mol. The van der Waals surface area contributed by atoms with Crippen molar-refractivity contribution >= 4 is 5.97 Å². The van der Waals surface area contributed by atoms with Crippen molar-refractivity contribution in [2.45, 2.75) is 20.8 Å². The van der Waals surface area contributed by atoms with Gasteiger partial charge in [0.15, 0.2) is 0 Å². The van der Waals surface area contributed by atoms with E-state index in [2.05, 4.69) is 0 Å². The number of benzene rings is 1. The molecule has 0 spiro atoms. The van der Waals surface area contributed by atoms with Gasteiger partial charge in [0.2, 0.25) is 0 Å². The zero-order chi connectivity index (χ0) is 15.6. The van der Waals surface area contributed by atoms with Gasteiger partial charge in [0.25, 0.3) is 5.56 Å². The normalized spacial score (nSPS) is 10.4. The second-order valence-corrected chi connectivity index (χ2v) is 4.69. The quantitative estimate of drug-likeness (QED) is 0.938. The van der Waals surface area contributed by atoms with Gasteiger partial charge in [0.05, 0.1) is 12.2 Å². The van der Waals surface area contributed by atoms with Crippen LogP contribution in [-0.2, 0) is 0 Å². The first kappa shape index (κ1) is 14.8. The molecule has 0 saturated heterocycles. The molecule has 5 heteroatoms. The highest BCUT2D eigenvalue weighted by Crippen LogP contribution is 2.18. The number of rotatable bonds is 4. The van der Waals surface area contributed by atoms with Crippen LogP contribution in [-0.4, -0.2) is 22.2 Å². The minimum absolute atomic E-state index is 0.156. The summed E-state index contributed by atoms with van der Waals surface area (Å²) in [7, 11) is 0. The topological polar surface area (TPSA) is 68.5 Å². The van der Waals surface area contributed by atoms with Crippen LogP contribution >= 0.6 is 0 Å². The summed E-state index contributed by atoms with van der Waals surface area (Å²) in [5.74, 6) is -0.331. The molecular formula is C16H17NO4. The van der Waals surface area contributed by atoms with Crippen LogP contribution in [0.5, 0.6) is 5.75 Å². The van der Waals surface area contributed by atoms with E-state index in [4.69, 9.17) is 4.74 Å². The van der Waals surface area contributed by atoms with Crippen molar-refractivity contribution in [3.05, 3.63) is 57.5 Å². The molecule has 0 saturated carbocycles. The minimum atomic E-state index is -1.04. The van der Waals surface area contributed by atoms with Crippen molar-refractivity contribution in [1.82, 2.24) is 4.57 Å². The van der Waals surface area contributed by atoms with E-state index >= 15 is 0 Å². The summed E-state index contributed by atoms with van der Waals surface area (Å²) in [6, 6.07) is 8.32. The van der Waals surface area contributed by atoms with Gasteiger partial charge in [0, 0.05) is 17.4 Å². The van der Waals surface area contributed by atoms with Crippen LogP contribution < -0.4 is 10.3 Å². The molecule has 0 atom stereocenters. The van der Waals surface area contributed by atoms with Crippen LogP contribution in [0.3, 0.4) is 0 Å². The average Bonchev–Trinajstić information content (AvgIpc) is 2.40. The van der Waals surface area contributed by atoms with Crippen LogP contribution in [0.15, 0.2) is 35.1 Å². The maximum atomic E-state index is 12.2. The van der Waals surface area contributed by atoms with Gasteiger partial charge >= 0.3 is 5.97 Å². The van der Waals surface area contributed by atoms with Gasteiger partial charge in [-0.15, -0.1) is 0 Å². The van der Waals surface area contributed by atoms with Gasteiger partial charge in [-0.2, -0.15) is 0 Å². The molecule has 0 aliphatic carbocycles. The number of hydrogen-bond donors (Lipinski definition) is 1. The largest absolute Gasteiger partial charge is 0.494 e. The summed E-state index contributed by atoms with van der Waals surface area (Å²) in [6.45, 7) is 5.71. The first-order chi connectivity index (χ1) is 9.95. The number of carbonyl (C=O) groups is 1. The molecule has 110 valence electrons. The molecule has 21 heavy (non-hydrogen) atoms. The molecule has 1 aromatic carbocycles. The molecule has 1 N–H and O–H groups in total. The number of aromatic nitrogens is 1. The van der Waals surface area contributed by atoms with Crippen LogP contribution in [0.2, 0.25) is 0 Å². The minimum Gasteiger partial charge on any atom is -0.494 e. The second-order valence-electron chi connectivity index (χ2n) is 4.69. The second kappa shape index (κ2) is 5.83. The number of ether oxygens (including phenoxy) is 1. The van der Waals surface area contributed by atoms with E-state index in [1.165, 1.54) is 10.6 Å². The van der Waals surface area contributed by atoms with Crippen molar-refractivity contribution in [2.24, 2.45) is 0 Å². The van der Waals surface area contributed by atoms with Gasteiger partial charge in [-0.1, -0.05) is 0 Å². The highest BCUT2D eigenvalue weighted by molar-refractivity contribution is 5.90. The third kappa shape index (κ3) is 2.81. The Morgan fingerprint density at radius 1 is 1.24 bits per heavy atom. The van der Waals surface area contributed by atoms with E-state index in [-0.39, 0.29) is 11.1 Å². The summed E-state index contributed by atoms with van der Waals surface area (Å²) in [5.41, 5.74) is 1.40. The number of nitrogens with zero attached hydrogens (tertiary/aromatic N) is 1. The maximum absolute atomic E-state index is 12.2. The number of carboxylic acids is 1. The third-order valence-electron chi connectivity index (χ3n) is 3.27. The Morgan fingerprint density at radius 2 is 1.86 bits per heavy atom. The number of carboxylic acid groups (broad SMARTS) is 1. The molecule has 0 bridgehead atoms. The van der Waals surface area contributed by atoms with Gasteiger partial charge in [0.1, 0.15) is 5.75 Å². The molecule has 0 radical (unpaired) electrons. The fraction of sp³-hybridized carbons (Fsp3) is 0.250. The fourth-order valence-electron chi connectivity index (χ4n) is 2.39. The molecule has 0 amide bonds. The Balaban J connectivity index is 2.61. The van der Waals surface area contributed by atoms with Crippen molar-refractivity contribution in [2.75, 3.05) is 6.61 Å². The molecule has 0 aliphatic rings. The summed E-state index contributed by atoms with van der Waals surface area (Å²) < 4.78 is 6.75. The molecule has 0 unspecified atom stereocenters. The van der Waals surface area contributed by atoms with E-state index in [0.717, 1.165) is 0 Å². The molecule has 1 heterocycles. The lowest BCUT2D eigenvalue weighted by Gasteiger charge is -2.14. The standard InChI is InChI=1S/C16H17NO4/c1-4-21-13-7-5-12(6-8-13)17-11(3)15(16(19)20)10(2)9-14(17)18/h5-9H,4H2,1-3H3,(H,19,20). The van der Waals surface area contributed by atoms with Gasteiger partial charge in [-0.3, -0.25) is 9.36 Å². The van der Waals surface area contributed by atoms with Gasteiger partial charge in [-0.05, 0) is 50.6 Å². The zero-order valence-corrected chi connectivity index (χ0v) is 12.2. The van der Waals surface area contributed by atoms with Crippen LogP contribution in [0.4, 0.5) is 0 Å². The van der Waals surface area contributed by atoms with E-state index < -0.39 is 5.97 Å². The van der Waals surface area contributed by atoms with Gasteiger partial charge in [-0.25, -0.2) is 4.79 Å². The van der Waals surface area contributed by atoms with Crippen LogP contribution in [0, 0.1) is 13.8 Å². The Hall–Kier alpha value is -2.56. The molecule has 1 aromatic heterocycles. The predicted octanol–water partition coefficient (Wildman–Crippen LogP) is 2.55. The highest BCUT2D eigenvalue weighted by atomic mass is 16.5. The molecule has 0 fully saturated rings. The smallest absolute Gasteiger partial charge is 0.337 e. The molecule has 2 aromatic rings. The van der Waals surface area contributed by atoms with E-state index in [0.29, 0.717) is 29.3 Å². The van der Waals surface area contributed by atoms with Crippen LogP contribution in [0.25, 0.3) is 5.69 Å². The van der Waals surface area contributed by atoms with Crippen molar-refractivity contribution < 1.29 is 14.6 Å². The Bertz CT molecular complexity index is 729. The summed E-state index contributed by atoms with van der Waals surface area (Å²) in [5, 5.41) is 9.29. The summed E-state index contributed by atoms with van der Waals surface area (Å²) in [6.07, 6.45) is 0. The van der Waals surface area contributed by atoms with Crippen LogP contribution in [0.1, 0.15) is 28.5 Å².